The molecule has 0 radical (unpaired) electrons. The molecule has 0 saturated carbocycles. The summed E-state index contributed by atoms with van der Waals surface area (Å²) in [6.45, 7) is 23.5. The number of allylic oxidation sites excluding steroid dienone is 10. The van der Waals surface area contributed by atoms with Crippen LogP contribution >= 0.6 is 24.4 Å². The highest BCUT2D eigenvalue weighted by atomic mass is 32.2. The number of ketones is 1. The lowest BCUT2D eigenvalue weighted by Gasteiger charge is -2.31. The standard InChI is InChI=1S/C26H42OS.C5H10.CH4S/c1-18(2)9-12-22-13-16-23(14-10-19(3)4)26(28-21(7)8)25(27)24(17-22)15-11-20(5)6;1-4-5(2)3;1-2/h9-11,17,21-23,26H,12-16H2,1-8H3;4H,1-3H3;2H,1H3/b24-17-;;. The van der Waals surface area contributed by atoms with Crippen LogP contribution in [0.5, 0.6) is 0 Å². The van der Waals surface area contributed by atoms with Gasteiger partial charge in [-0.25, -0.2) is 0 Å². The molecule has 1 aliphatic rings. The predicted octanol–water partition coefficient (Wildman–Crippen LogP) is 10.6. The van der Waals surface area contributed by atoms with Gasteiger partial charge in [-0.3, -0.25) is 4.79 Å². The van der Waals surface area contributed by atoms with Crippen LogP contribution in [0, 0.1) is 11.8 Å². The molecular formula is C32H56OS2. The molecule has 1 rings (SSSR count). The van der Waals surface area contributed by atoms with Gasteiger partial charge in [0, 0.05) is 0 Å². The van der Waals surface area contributed by atoms with Crippen LogP contribution in [0.25, 0.3) is 0 Å². The van der Waals surface area contributed by atoms with Gasteiger partial charge >= 0.3 is 0 Å². The number of thiol groups is 1. The SMILES string of the molecule is CC(C)=CC/C1=C/C(CC=C(C)C)CCC(CC=C(C)C)C(SC(C)C)C1=O.CC=C(C)C.CS. The van der Waals surface area contributed by atoms with Crippen molar-refractivity contribution in [2.24, 2.45) is 11.8 Å². The van der Waals surface area contributed by atoms with Crippen LogP contribution in [-0.2, 0) is 4.79 Å². The normalized spacial score (nSPS) is 20.9. The molecule has 0 aliphatic heterocycles. The van der Waals surface area contributed by atoms with Crippen molar-refractivity contribution in [3.05, 3.63) is 58.2 Å². The van der Waals surface area contributed by atoms with E-state index in [0.29, 0.717) is 22.9 Å². The second-order valence-corrected chi connectivity index (χ2v) is 12.4. The van der Waals surface area contributed by atoms with Gasteiger partial charge in [-0.2, -0.15) is 12.6 Å². The van der Waals surface area contributed by atoms with Gasteiger partial charge in [0.05, 0.1) is 5.25 Å². The van der Waals surface area contributed by atoms with E-state index in [4.69, 9.17) is 0 Å². The maximum Gasteiger partial charge on any atom is 0.172 e. The van der Waals surface area contributed by atoms with Gasteiger partial charge in [-0.15, -0.1) is 11.8 Å². The summed E-state index contributed by atoms with van der Waals surface area (Å²) in [5.41, 5.74) is 6.41. The molecule has 0 aromatic carbocycles. The van der Waals surface area contributed by atoms with Gasteiger partial charge in [0.15, 0.2) is 5.78 Å². The molecule has 35 heavy (non-hydrogen) atoms. The van der Waals surface area contributed by atoms with Crippen LogP contribution in [0.2, 0.25) is 0 Å². The highest BCUT2D eigenvalue weighted by Crippen LogP contribution is 2.37. The van der Waals surface area contributed by atoms with E-state index in [-0.39, 0.29) is 5.25 Å². The zero-order valence-corrected chi connectivity index (χ0v) is 26.7. The number of carbonyl (C=O) groups is 1. The molecule has 3 unspecified atom stereocenters. The van der Waals surface area contributed by atoms with E-state index >= 15 is 0 Å². The Bertz CT molecular complexity index is 734. The third kappa shape index (κ3) is 18.9. The zero-order chi connectivity index (χ0) is 27.6. The molecule has 0 aromatic rings. The van der Waals surface area contributed by atoms with Crippen molar-refractivity contribution in [1.82, 2.24) is 0 Å². The van der Waals surface area contributed by atoms with Crippen molar-refractivity contribution < 1.29 is 4.79 Å². The van der Waals surface area contributed by atoms with Crippen molar-refractivity contribution in [2.45, 2.75) is 119 Å². The van der Waals surface area contributed by atoms with Crippen molar-refractivity contribution in [2.75, 3.05) is 6.26 Å². The van der Waals surface area contributed by atoms with E-state index in [2.05, 4.69) is 112 Å². The fourth-order valence-corrected chi connectivity index (χ4v) is 4.91. The summed E-state index contributed by atoms with van der Waals surface area (Å²) in [4.78, 5) is 13.6. The molecule has 0 amide bonds. The largest absolute Gasteiger partial charge is 0.293 e. The van der Waals surface area contributed by atoms with Crippen molar-refractivity contribution in [3.63, 3.8) is 0 Å². The van der Waals surface area contributed by atoms with Crippen molar-refractivity contribution >= 4 is 30.2 Å². The third-order valence-corrected chi connectivity index (χ3v) is 7.17. The number of thioether (sulfide) groups is 1. The first kappa shape index (κ1) is 36.2. The van der Waals surface area contributed by atoms with E-state index in [9.17, 15) is 4.79 Å². The first-order chi connectivity index (χ1) is 16.4. The Morgan fingerprint density at radius 3 is 1.80 bits per heavy atom. The van der Waals surface area contributed by atoms with Gasteiger partial charge in [-0.05, 0) is 123 Å². The second kappa shape index (κ2) is 21.2. The summed E-state index contributed by atoms with van der Waals surface area (Å²) in [7, 11) is 0. The molecule has 3 heteroatoms. The average Bonchev–Trinajstić information content (AvgIpc) is 2.78. The number of Topliss-reactive ketones (excluding diaryl/α,β-unsaturated/α-hetero) is 1. The summed E-state index contributed by atoms with van der Waals surface area (Å²) in [5, 5.41) is 0.547. The van der Waals surface area contributed by atoms with Crippen LogP contribution in [0.3, 0.4) is 0 Å². The first-order valence-corrected chi connectivity index (χ1v) is 15.1. The van der Waals surface area contributed by atoms with Gasteiger partial charge in [-0.1, -0.05) is 66.5 Å². The molecule has 1 aliphatic carbocycles. The quantitative estimate of drug-likeness (QED) is 0.253. The molecule has 3 atom stereocenters. The van der Waals surface area contributed by atoms with Crippen LogP contribution in [0.15, 0.2) is 58.2 Å². The summed E-state index contributed by atoms with van der Waals surface area (Å²) in [5.74, 6) is 1.28. The Kier molecular flexibility index (Phi) is 21.9. The second-order valence-electron chi connectivity index (χ2n) is 10.6. The van der Waals surface area contributed by atoms with Crippen LogP contribution in [0.4, 0.5) is 0 Å². The lowest BCUT2D eigenvalue weighted by Crippen LogP contribution is -2.31. The Balaban J connectivity index is 0. The minimum absolute atomic E-state index is 0.0804. The zero-order valence-electron chi connectivity index (χ0n) is 25.0. The lowest BCUT2D eigenvalue weighted by molar-refractivity contribution is -0.116. The van der Waals surface area contributed by atoms with Crippen LogP contribution in [0.1, 0.15) is 108 Å². The molecule has 0 heterocycles. The highest BCUT2D eigenvalue weighted by Gasteiger charge is 2.33. The van der Waals surface area contributed by atoms with E-state index in [1.807, 2.05) is 18.7 Å². The number of hydrogen-bond donors (Lipinski definition) is 1. The summed E-state index contributed by atoms with van der Waals surface area (Å²) >= 11 is 5.40. The van der Waals surface area contributed by atoms with Crippen LogP contribution < -0.4 is 0 Å². The lowest BCUT2D eigenvalue weighted by atomic mass is 9.81. The van der Waals surface area contributed by atoms with E-state index < -0.39 is 0 Å². The Hall–Kier alpha value is -0.930. The minimum Gasteiger partial charge on any atom is -0.293 e. The van der Waals surface area contributed by atoms with E-state index in [1.54, 1.807) is 6.26 Å². The maximum atomic E-state index is 13.6. The average molecular weight is 521 g/mol. The van der Waals surface area contributed by atoms with Gasteiger partial charge in [0.25, 0.3) is 0 Å². The third-order valence-electron chi connectivity index (χ3n) is 5.73. The smallest absolute Gasteiger partial charge is 0.172 e. The monoisotopic (exact) mass is 520 g/mol. The summed E-state index contributed by atoms with van der Waals surface area (Å²) in [6, 6.07) is 0. The van der Waals surface area contributed by atoms with Gasteiger partial charge in [0.2, 0.25) is 0 Å². The molecule has 202 valence electrons. The minimum atomic E-state index is 0.0804. The van der Waals surface area contributed by atoms with Gasteiger partial charge < -0.3 is 0 Å². The molecule has 0 saturated heterocycles. The molecule has 0 N–H and O–H groups in total. The number of hydrogen-bond acceptors (Lipinski definition) is 3. The Morgan fingerprint density at radius 1 is 0.886 bits per heavy atom. The first-order valence-electron chi connectivity index (χ1n) is 13.2. The predicted molar refractivity (Wildman–Crippen MR) is 168 cm³/mol. The summed E-state index contributed by atoms with van der Waals surface area (Å²) < 4.78 is 0. The van der Waals surface area contributed by atoms with E-state index in [1.165, 1.54) is 28.7 Å². The molecule has 0 spiro atoms. The molecule has 1 nitrogen and oxygen atoms in total. The summed E-state index contributed by atoms with van der Waals surface area (Å²) in [6.07, 6.45) is 18.1. The fraction of sp³-hybridized carbons (Fsp3) is 0.656. The fourth-order valence-electron chi connectivity index (χ4n) is 3.58. The molecule has 0 aromatic heterocycles. The van der Waals surface area contributed by atoms with Crippen LogP contribution in [-0.4, -0.2) is 22.5 Å². The molecule has 0 fully saturated rings. The Morgan fingerprint density at radius 2 is 1.37 bits per heavy atom. The van der Waals surface area contributed by atoms with E-state index in [0.717, 1.165) is 31.3 Å². The molecule has 0 bridgehead atoms. The van der Waals surface area contributed by atoms with Crippen molar-refractivity contribution in [3.8, 4) is 0 Å². The molecular weight excluding hydrogens is 464 g/mol. The Labute approximate surface area is 229 Å². The number of carbonyl (C=O) groups excluding carboxylic acids is 1. The number of rotatable bonds is 8. The van der Waals surface area contributed by atoms with Gasteiger partial charge in [0.1, 0.15) is 0 Å². The maximum absolute atomic E-state index is 13.6. The highest BCUT2D eigenvalue weighted by molar-refractivity contribution is 8.01. The topological polar surface area (TPSA) is 17.1 Å². The van der Waals surface area contributed by atoms with Crippen molar-refractivity contribution in [1.29, 1.82) is 0 Å².